The third kappa shape index (κ3) is 2.33. The van der Waals surface area contributed by atoms with Crippen LogP contribution in [0.25, 0.3) is 10.9 Å². The van der Waals surface area contributed by atoms with E-state index in [0.29, 0.717) is 22.5 Å². The average molecular weight is 252 g/mol. The smallest absolute Gasteiger partial charge is 0.261 e. The predicted molar refractivity (Wildman–Crippen MR) is 69.4 cm³/mol. The van der Waals surface area contributed by atoms with Crippen molar-refractivity contribution in [2.45, 2.75) is 6.54 Å². The van der Waals surface area contributed by atoms with Gasteiger partial charge in [0.1, 0.15) is 5.82 Å². The highest BCUT2D eigenvalue weighted by Gasteiger charge is 2.09. The van der Waals surface area contributed by atoms with Crippen molar-refractivity contribution in [1.29, 1.82) is 0 Å². The molecule has 0 radical (unpaired) electrons. The molecule has 2 aromatic rings. The Balaban J connectivity index is 2.71. The first-order valence-electron chi connectivity index (χ1n) is 5.29. The van der Waals surface area contributed by atoms with Crippen LogP contribution in [-0.2, 0) is 13.6 Å². The molecule has 0 aliphatic heterocycles. The summed E-state index contributed by atoms with van der Waals surface area (Å²) < 4.78 is 1.57. The first-order chi connectivity index (χ1) is 7.99. The molecule has 0 N–H and O–H groups in total. The molecule has 0 saturated carbocycles. The van der Waals surface area contributed by atoms with Gasteiger partial charge in [0.2, 0.25) is 0 Å². The van der Waals surface area contributed by atoms with Gasteiger partial charge < -0.3 is 4.90 Å². The van der Waals surface area contributed by atoms with E-state index >= 15 is 0 Å². The minimum Gasteiger partial charge on any atom is -0.302 e. The Hall–Kier alpha value is -1.39. The van der Waals surface area contributed by atoms with Crippen molar-refractivity contribution >= 4 is 22.5 Å². The molecule has 0 aliphatic carbocycles. The molecule has 0 atom stereocenters. The lowest BCUT2D eigenvalue weighted by atomic mass is 10.2. The van der Waals surface area contributed by atoms with Crippen molar-refractivity contribution in [2.24, 2.45) is 7.05 Å². The maximum atomic E-state index is 12.1. The maximum absolute atomic E-state index is 12.1. The van der Waals surface area contributed by atoms with Crippen LogP contribution in [0.5, 0.6) is 0 Å². The first kappa shape index (κ1) is 12.1. The Morgan fingerprint density at radius 2 is 2.12 bits per heavy atom. The average Bonchev–Trinajstić information content (AvgIpc) is 2.26. The number of hydrogen-bond donors (Lipinski definition) is 0. The molecule has 1 heterocycles. The number of benzene rings is 1. The van der Waals surface area contributed by atoms with Crippen molar-refractivity contribution in [1.82, 2.24) is 14.5 Å². The van der Waals surface area contributed by atoms with E-state index in [9.17, 15) is 4.79 Å². The molecule has 1 aromatic carbocycles. The van der Waals surface area contributed by atoms with Gasteiger partial charge in [0.25, 0.3) is 5.56 Å². The van der Waals surface area contributed by atoms with E-state index < -0.39 is 0 Å². The molecular formula is C12H14ClN3O. The van der Waals surface area contributed by atoms with Crippen LogP contribution >= 0.6 is 11.6 Å². The SMILES string of the molecule is CN(C)Cc1nc2ccc(Cl)cc2c(=O)n1C. The highest BCUT2D eigenvalue weighted by atomic mass is 35.5. The topological polar surface area (TPSA) is 38.1 Å². The molecule has 0 amide bonds. The molecule has 0 spiro atoms. The van der Waals surface area contributed by atoms with Crippen LogP contribution in [-0.4, -0.2) is 28.5 Å². The summed E-state index contributed by atoms with van der Waals surface area (Å²) in [5.74, 6) is 0.745. The number of fused-ring (bicyclic) bond motifs is 1. The van der Waals surface area contributed by atoms with Crippen LogP contribution in [0, 0.1) is 0 Å². The minimum atomic E-state index is -0.0608. The van der Waals surface area contributed by atoms with Gasteiger partial charge in [-0.2, -0.15) is 0 Å². The van der Waals surface area contributed by atoms with Crippen molar-refractivity contribution in [2.75, 3.05) is 14.1 Å². The molecule has 0 aliphatic rings. The van der Waals surface area contributed by atoms with Crippen LogP contribution < -0.4 is 5.56 Å². The van der Waals surface area contributed by atoms with Gasteiger partial charge in [0.05, 0.1) is 17.4 Å². The second-order valence-corrected chi connectivity index (χ2v) is 4.73. The van der Waals surface area contributed by atoms with Crippen LogP contribution in [0.1, 0.15) is 5.82 Å². The fourth-order valence-electron chi connectivity index (χ4n) is 1.71. The van der Waals surface area contributed by atoms with Gasteiger partial charge in [-0.05, 0) is 32.3 Å². The van der Waals surface area contributed by atoms with Crippen molar-refractivity contribution in [3.05, 3.63) is 39.4 Å². The summed E-state index contributed by atoms with van der Waals surface area (Å²) in [6.07, 6.45) is 0. The predicted octanol–water partition coefficient (Wildman–Crippen LogP) is 1.65. The Morgan fingerprint density at radius 3 is 2.76 bits per heavy atom. The molecule has 4 nitrogen and oxygen atoms in total. The van der Waals surface area contributed by atoms with E-state index in [-0.39, 0.29) is 5.56 Å². The summed E-state index contributed by atoms with van der Waals surface area (Å²) in [4.78, 5) is 18.6. The van der Waals surface area contributed by atoms with Gasteiger partial charge in [0, 0.05) is 12.1 Å². The van der Waals surface area contributed by atoms with Gasteiger partial charge in [-0.15, -0.1) is 0 Å². The number of hydrogen-bond acceptors (Lipinski definition) is 3. The summed E-state index contributed by atoms with van der Waals surface area (Å²) in [6.45, 7) is 0.629. The lowest BCUT2D eigenvalue weighted by molar-refractivity contribution is 0.382. The Morgan fingerprint density at radius 1 is 1.41 bits per heavy atom. The lowest BCUT2D eigenvalue weighted by Crippen LogP contribution is -2.26. The van der Waals surface area contributed by atoms with Crippen molar-refractivity contribution in [3.8, 4) is 0 Å². The fraction of sp³-hybridized carbons (Fsp3) is 0.333. The molecule has 90 valence electrons. The Labute approximate surface area is 104 Å². The van der Waals surface area contributed by atoms with E-state index in [1.54, 1.807) is 29.8 Å². The third-order valence-electron chi connectivity index (χ3n) is 2.59. The molecule has 1 aromatic heterocycles. The van der Waals surface area contributed by atoms with E-state index in [4.69, 9.17) is 11.6 Å². The zero-order chi connectivity index (χ0) is 12.6. The summed E-state index contributed by atoms with van der Waals surface area (Å²) >= 11 is 5.88. The number of halogens is 1. The van der Waals surface area contributed by atoms with Gasteiger partial charge in [-0.1, -0.05) is 11.6 Å². The van der Waals surface area contributed by atoms with Crippen molar-refractivity contribution < 1.29 is 0 Å². The largest absolute Gasteiger partial charge is 0.302 e. The normalized spacial score (nSPS) is 11.4. The molecule has 2 rings (SSSR count). The van der Waals surface area contributed by atoms with Crippen LogP contribution in [0.4, 0.5) is 0 Å². The van der Waals surface area contributed by atoms with E-state index in [1.165, 1.54) is 0 Å². The lowest BCUT2D eigenvalue weighted by Gasteiger charge is -2.13. The highest BCUT2D eigenvalue weighted by molar-refractivity contribution is 6.31. The summed E-state index contributed by atoms with van der Waals surface area (Å²) in [6, 6.07) is 5.18. The van der Waals surface area contributed by atoms with Gasteiger partial charge in [0.15, 0.2) is 0 Å². The minimum absolute atomic E-state index is 0.0608. The van der Waals surface area contributed by atoms with Crippen LogP contribution in [0.2, 0.25) is 5.02 Å². The fourth-order valence-corrected chi connectivity index (χ4v) is 1.89. The van der Waals surface area contributed by atoms with Gasteiger partial charge >= 0.3 is 0 Å². The second kappa shape index (κ2) is 4.47. The monoisotopic (exact) mass is 251 g/mol. The maximum Gasteiger partial charge on any atom is 0.261 e. The molecule has 0 fully saturated rings. The number of nitrogens with zero attached hydrogens (tertiary/aromatic N) is 3. The van der Waals surface area contributed by atoms with Crippen molar-refractivity contribution in [3.63, 3.8) is 0 Å². The van der Waals surface area contributed by atoms with E-state index in [1.807, 2.05) is 19.0 Å². The summed E-state index contributed by atoms with van der Waals surface area (Å²) in [5.41, 5.74) is 0.628. The summed E-state index contributed by atoms with van der Waals surface area (Å²) in [7, 11) is 5.62. The Kier molecular flexibility index (Phi) is 3.17. The molecule has 5 heteroatoms. The zero-order valence-corrected chi connectivity index (χ0v) is 10.8. The van der Waals surface area contributed by atoms with Crippen LogP contribution in [0.3, 0.4) is 0 Å². The third-order valence-corrected chi connectivity index (χ3v) is 2.82. The molecule has 17 heavy (non-hydrogen) atoms. The van der Waals surface area contributed by atoms with Crippen LogP contribution in [0.15, 0.2) is 23.0 Å². The quantitative estimate of drug-likeness (QED) is 0.815. The summed E-state index contributed by atoms with van der Waals surface area (Å²) in [5, 5.41) is 1.11. The van der Waals surface area contributed by atoms with Gasteiger partial charge in [-0.3, -0.25) is 9.36 Å². The highest BCUT2D eigenvalue weighted by Crippen LogP contribution is 2.15. The standard InChI is InChI=1S/C12H14ClN3O/c1-15(2)7-11-14-10-5-4-8(13)6-9(10)12(17)16(11)3/h4-6H,7H2,1-3H3. The van der Waals surface area contributed by atoms with E-state index in [2.05, 4.69) is 4.98 Å². The molecule has 0 saturated heterocycles. The van der Waals surface area contributed by atoms with E-state index in [0.717, 1.165) is 5.82 Å². The molecular weight excluding hydrogens is 238 g/mol. The number of rotatable bonds is 2. The number of aromatic nitrogens is 2. The Bertz CT molecular complexity index is 619. The second-order valence-electron chi connectivity index (χ2n) is 4.29. The first-order valence-corrected chi connectivity index (χ1v) is 5.66. The molecule has 0 unspecified atom stereocenters. The van der Waals surface area contributed by atoms with Gasteiger partial charge in [-0.25, -0.2) is 4.98 Å². The zero-order valence-electron chi connectivity index (χ0n) is 10.1. The molecule has 0 bridgehead atoms.